The molecule has 0 aliphatic carbocycles. The van der Waals surface area contributed by atoms with Gasteiger partial charge in [-0.2, -0.15) is 0 Å². The van der Waals surface area contributed by atoms with Crippen LogP contribution in [0.2, 0.25) is 0 Å². The van der Waals surface area contributed by atoms with Crippen LogP contribution in [0.1, 0.15) is 54.4 Å². The van der Waals surface area contributed by atoms with Gasteiger partial charge in [0, 0.05) is 24.7 Å². The Bertz CT molecular complexity index is 299. The van der Waals surface area contributed by atoms with E-state index in [1.54, 1.807) is 0 Å². The normalized spacial score (nSPS) is 19.5. The molecule has 0 atom stereocenters. The fourth-order valence-corrected chi connectivity index (χ4v) is 2.58. The molecule has 1 aliphatic heterocycles. The van der Waals surface area contributed by atoms with Gasteiger partial charge in [-0.3, -0.25) is 9.69 Å². The summed E-state index contributed by atoms with van der Waals surface area (Å²) in [6, 6.07) is 0.323. The molecule has 0 bridgehead atoms. The predicted molar refractivity (Wildman–Crippen MR) is 80.2 cm³/mol. The molecule has 112 valence electrons. The number of likely N-dealkylation sites (N-methyl/N-ethyl adjacent to an activating group) is 1. The molecule has 0 radical (unpaired) electrons. The van der Waals surface area contributed by atoms with Crippen molar-refractivity contribution in [3.63, 3.8) is 0 Å². The first-order valence-corrected chi connectivity index (χ1v) is 7.48. The van der Waals surface area contributed by atoms with Crippen LogP contribution in [0.25, 0.3) is 0 Å². The average Bonchev–Trinajstić information content (AvgIpc) is 2.28. The van der Waals surface area contributed by atoms with Crippen LogP contribution in [0.15, 0.2) is 0 Å². The van der Waals surface area contributed by atoms with Gasteiger partial charge in [-0.25, -0.2) is 0 Å². The van der Waals surface area contributed by atoms with Crippen LogP contribution in [-0.2, 0) is 4.79 Å². The molecule has 1 aliphatic rings. The van der Waals surface area contributed by atoms with E-state index in [9.17, 15) is 4.79 Å². The molecule has 1 rings (SSSR count). The highest BCUT2D eigenvalue weighted by Crippen LogP contribution is 2.20. The number of piperidine rings is 1. The van der Waals surface area contributed by atoms with Crippen molar-refractivity contribution in [2.45, 2.75) is 71.5 Å². The van der Waals surface area contributed by atoms with Crippen molar-refractivity contribution >= 4 is 5.91 Å². The number of nitrogens with zero attached hydrogens (tertiary/aromatic N) is 1. The summed E-state index contributed by atoms with van der Waals surface area (Å²) in [6.45, 7) is 15.6. The molecule has 0 aromatic heterocycles. The third kappa shape index (κ3) is 4.77. The highest BCUT2D eigenvalue weighted by molar-refractivity contribution is 5.85. The second-order valence-corrected chi connectivity index (χ2v) is 7.06. The molecule has 0 unspecified atom stereocenters. The number of likely N-dealkylation sites (tertiary alicyclic amines) is 1. The van der Waals surface area contributed by atoms with E-state index in [1.165, 1.54) is 0 Å². The minimum absolute atomic E-state index is 0.114. The number of carbonyl (C=O) groups excluding carboxylic acids is 1. The van der Waals surface area contributed by atoms with Gasteiger partial charge in [-0.1, -0.05) is 6.92 Å². The zero-order valence-corrected chi connectivity index (χ0v) is 13.5. The molecular formula is C15H31N3O. The minimum atomic E-state index is -0.476. The summed E-state index contributed by atoms with van der Waals surface area (Å²) in [5, 5.41) is 6.41. The van der Waals surface area contributed by atoms with Crippen LogP contribution in [0.3, 0.4) is 0 Å². The first-order valence-electron chi connectivity index (χ1n) is 7.48. The molecule has 4 nitrogen and oxygen atoms in total. The van der Waals surface area contributed by atoms with Gasteiger partial charge in [-0.15, -0.1) is 0 Å². The van der Waals surface area contributed by atoms with E-state index in [0.29, 0.717) is 6.04 Å². The highest BCUT2D eigenvalue weighted by atomic mass is 16.2. The van der Waals surface area contributed by atoms with Crippen LogP contribution in [0, 0.1) is 0 Å². The monoisotopic (exact) mass is 269 g/mol. The smallest absolute Gasteiger partial charge is 0.239 e. The Kier molecular flexibility index (Phi) is 5.39. The lowest BCUT2D eigenvalue weighted by Crippen LogP contribution is -2.57. The molecule has 4 heteroatoms. The quantitative estimate of drug-likeness (QED) is 0.817. The van der Waals surface area contributed by atoms with Gasteiger partial charge in [0.15, 0.2) is 0 Å². The summed E-state index contributed by atoms with van der Waals surface area (Å²) in [4.78, 5) is 14.7. The number of nitrogens with one attached hydrogen (secondary N) is 2. The standard InChI is InChI=1S/C15H31N3O/c1-7-16-15(5,6)13(19)17-12-8-10-18(11-9-12)14(2,3)4/h12,16H,7-11H2,1-6H3,(H,17,19). The molecule has 1 heterocycles. The van der Waals surface area contributed by atoms with Crippen molar-refractivity contribution in [2.75, 3.05) is 19.6 Å². The first-order chi connectivity index (χ1) is 8.66. The topological polar surface area (TPSA) is 44.4 Å². The average molecular weight is 269 g/mol. The van der Waals surface area contributed by atoms with E-state index in [0.717, 1.165) is 32.5 Å². The second-order valence-electron chi connectivity index (χ2n) is 7.06. The van der Waals surface area contributed by atoms with E-state index in [2.05, 4.69) is 36.3 Å². The fraction of sp³-hybridized carbons (Fsp3) is 0.933. The van der Waals surface area contributed by atoms with Crippen LogP contribution < -0.4 is 10.6 Å². The van der Waals surface area contributed by atoms with Gasteiger partial charge in [0.05, 0.1) is 5.54 Å². The zero-order valence-electron chi connectivity index (χ0n) is 13.5. The molecule has 2 N–H and O–H groups in total. The van der Waals surface area contributed by atoms with E-state index >= 15 is 0 Å². The number of hydrogen-bond donors (Lipinski definition) is 2. The lowest BCUT2D eigenvalue weighted by Gasteiger charge is -2.41. The van der Waals surface area contributed by atoms with Crippen molar-refractivity contribution in [1.82, 2.24) is 15.5 Å². The van der Waals surface area contributed by atoms with Gasteiger partial charge >= 0.3 is 0 Å². The molecule has 1 saturated heterocycles. The number of amides is 1. The van der Waals surface area contributed by atoms with Crippen molar-refractivity contribution in [1.29, 1.82) is 0 Å². The number of rotatable bonds is 4. The molecule has 1 amide bonds. The predicted octanol–water partition coefficient (Wildman–Crippen LogP) is 1.75. The Balaban J connectivity index is 2.43. The Morgan fingerprint density at radius 1 is 1.16 bits per heavy atom. The Morgan fingerprint density at radius 3 is 2.11 bits per heavy atom. The van der Waals surface area contributed by atoms with Gasteiger partial charge in [0.2, 0.25) is 5.91 Å². The first kappa shape index (κ1) is 16.4. The molecule has 0 aromatic carbocycles. The Labute approximate surface area is 118 Å². The lowest BCUT2D eigenvalue weighted by atomic mass is 9.96. The van der Waals surface area contributed by atoms with Crippen LogP contribution in [-0.4, -0.2) is 47.6 Å². The summed E-state index contributed by atoms with van der Waals surface area (Å²) < 4.78 is 0. The van der Waals surface area contributed by atoms with E-state index in [1.807, 2.05) is 20.8 Å². The van der Waals surface area contributed by atoms with Crippen molar-refractivity contribution in [2.24, 2.45) is 0 Å². The fourth-order valence-electron chi connectivity index (χ4n) is 2.58. The van der Waals surface area contributed by atoms with Gasteiger partial charge in [-0.05, 0) is 54.0 Å². The van der Waals surface area contributed by atoms with Crippen LogP contribution in [0.5, 0.6) is 0 Å². The maximum absolute atomic E-state index is 12.2. The van der Waals surface area contributed by atoms with Crippen molar-refractivity contribution < 1.29 is 4.79 Å². The van der Waals surface area contributed by atoms with Gasteiger partial charge in [0.1, 0.15) is 0 Å². The SMILES string of the molecule is CCNC(C)(C)C(=O)NC1CCN(C(C)(C)C)CC1. The van der Waals surface area contributed by atoms with Gasteiger partial charge in [0.25, 0.3) is 0 Å². The zero-order chi connectivity index (χ0) is 14.7. The molecule has 1 fully saturated rings. The Hall–Kier alpha value is -0.610. The summed E-state index contributed by atoms with van der Waals surface area (Å²) in [5.41, 5.74) is -0.242. The molecule has 0 spiro atoms. The minimum Gasteiger partial charge on any atom is -0.352 e. The number of hydrogen-bond acceptors (Lipinski definition) is 3. The summed E-state index contributed by atoms with van der Waals surface area (Å²) >= 11 is 0. The number of carbonyl (C=O) groups is 1. The maximum atomic E-state index is 12.2. The summed E-state index contributed by atoms with van der Waals surface area (Å²) in [7, 11) is 0. The van der Waals surface area contributed by atoms with Crippen LogP contribution >= 0.6 is 0 Å². The third-order valence-corrected chi connectivity index (χ3v) is 3.97. The van der Waals surface area contributed by atoms with E-state index in [4.69, 9.17) is 0 Å². The molecule has 0 aromatic rings. The van der Waals surface area contributed by atoms with E-state index in [-0.39, 0.29) is 11.4 Å². The van der Waals surface area contributed by atoms with Crippen molar-refractivity contribution in [3.05, 3.63) is 0 Å². The molecular weight excluding hydrogens is 238 g/mol. The maximum Gasteiger partial charge on any atom is 0.239 e. The van der Waals surface area contributed by atoms with E-state index < -0.39 is 5.54 Å². The molecule has 0 saturated carbocycles. The third-order valence-electron chi connectivity index (χ3n) is 3.97. The summed E-state index contributed by atoms with van der Waals surface area (Å²) in [5.74, 6) is 0.114. The van der Waals surface area contributed by atoms with Crippen molar-refractivity contribution in [3.8, 4) is 0 Å². The Morgan fingerprint density at radius 2 is 1.68 bits per heavy atom. The van der Waals surface area contributed by atoms with Gasteiger partial charge < -0.3 is 10.6 Å². The largest absolute Gasteiger partial charge is 0.352 e. The lowest BCUT2D eigenvalue weighted by molar-refractivity contribution is -0.127. The summed E-state index contributed by atoms with van der Waals surface area (Å²) in [6.07, 6.45) is 2.09. The highest BCUT2D eigenvalue weighted by Gasteiger charge is 2.31. The van der Waals surface area contributed by atoms with Crippen LogP contribution in [0.4, 0.5) is 0 Å². The second kappa shape index (κ2) is 6.23. The molecule has 19 heavy (non-hydrogen) atoms.